The number of nitrogens with zero attached hydrogens (tertiary/aromatic N) is 4. The minimum atomic E-state index is 0.460. The smallest absolute Gasteiger partial charge is 0.113 e. The molecule has 0 aliphatic rings. The molecule has 106 valence electrons. The molecule has 21 heavy (non-hydrogen) atoms. The lowest BCUT2D eigenvalue weighted by Crippen LogP contribution is -2.01. The van der Waals surface area contributed by atoms with Gasteiger partial charge in [0, 0.05) is 11.8 Å². The molecule has 4 heteroatoms. The lowest BCUT2D eigenvalue weighted by Gasteiger charge is -2.09. The molecule has 0 atom stereocenters. The van der Waals surface area contributed by atoms with Crippen LogP contribution in [0.3, 0.4) is 0 Å². The van der Waals surface area contributed by atoms with Crippen molar-refractivity contribution in [3.05, 3.63) is 66.1 Å². The van der Waals surface area contributed by atoms with Crippen LogP contribution < -0.4 is 0 Å². The summed E-state index contributed by atoms with van der Waals surface area (Å²) in [4.78, 5) is 4.31. The van der Waals surface area contributed by atoms with E-state index in [4.69, 9.17) is 0 Å². The molecule has 0 bridgehead atoms. The lowest BCUT2D eigenvalue weighted by molar-refractivity contribution is 0.639. The maximum absolute atomic E-state index is 4.31. The first-order valence-electron chi connectivity index (χ1n) is 7.13. The molecule has 0 amide bonds. The van der Waals surface area contributed by atoms with Crippen LogP contribution in [-0.2, 0) is 6.54 Å². The van der Waals surface area contributed by atoms with E-state index in [9.17, 15) is 0 Å². The molecule has 0 unspecified atom stereocenters. The highest BCUT2D eigenvalue weighted by atomic mass is 15.4. The number of benzene rings is 1. The van der Waals surface area contributed by atoms with Gasteiger partial charge in [-0.3, -0.25) is 4.98 Å². The van der Waals surface area contributed by atoms with Gasteiger partial charge in [-0.05, 0) is 23.6 Å². The summed E-state index contributed by atoms with van der Waals surface area (Å²) in [6.45, 7) is 5.02. The third kappa shape index (κ3) is 2.99. The minimum Gasteiger partial charge on any atom is -0.259 e. The maximum atomic E-state index is 4.31. The quantitative estimate of drug-likeness (QED) is 0.733. The van der Waals surface area contributed by atoms with E-state index in [0.29, 0.717) is 12.5 Å². The highest BCUT2D eigenvalue weighted by Crippen LogP contribution is 2.27. The molecule has 0 fully saturated rings. The van der Waals surface area contributed by atoms with Crippen molar-refractivity contribution in [2.24, 2.45) is 0 Å². The van der Waals surface area contributed by atoms with Crippen LogP contribution in [0.4, 0.5) is 0 Å². The van der Waals surface area contributed by atoms with Crippen LogP contribution in [0.5, 0.6) is 0 Å². The summed E-state index contributed by atoms with van der Waals surface area (Å²) in [5.74, 6) is 0.460. The summed E-state index contributed by atoms with van der Waals surface area (Å²) in [5, 5.41) is 8.53. The molecule has 0 spiro atoms. The zero-order chi connectivity index (χ0) is 14.7. The summed E-state index contributed by atoms with van der Waals surface area (Å²) in [6, 6.07) is 14.2. The molecule has 0 aliphatic carbocycles. The van der Waals surface area contributed by atoms with Crippen molar-refractivity contribution >= 4 is 0 Å². The van der Waals surface area contributed by atoms with E-state index in [0.717, 1.165) is 17.0 Å². The van der Waals surface area contributed by atoms with Crippen molar-refractivity contribution in [1.29, 1.82) is 0 Å². The van der Waals surface area contributed by atoms with Crippen LogP contribution in [-0.4, -0.2) is 20.0 Å². The summed E-state index contributed by atoms with van der Waals surface area (Å²) in [7, 11) is 0. The van der Waals surface area contributed by atoms with Gasteiger partial charge in [0.05, 0.1) is 18.4 Å². The van der Waals surface area contributed by atoms with Crippen molar-refractivity contribution in [3.63, 3.8) is 0 Å². The van der Waals surface area contributed by atoms with Crippen LogP contribution in [0.1, 0.15) is 31.0 Å². The van der Waals surface area contributed by atoms with Crippen LogP contribution in [0.15, 0.2) is 54.9 Å². The van der Waals surface area contributed by atoms with E-state index in [1.807, 2.05) is 35.1 Å². The summed E-state index contributed by atoms with van der Waals surface area (Å²) in [5.41, 5.74) is 4.34. The number of rotatable bonds is 4. The monoisotopic (exact) mass is 278 g/mol. The van der Waals surface area contributed by atoms with Gasteiger partial charge in [-0.1, -0.05) is 49.4 Å². The normalized spacial score (nSPS) is 11.0. The van der Waals surface area contributed by atoms with E-state index in [1.54, 1.807) is 6.20 Å². The second kappa shape index (κ2) is 5.87. The van der Waals surface area contributed by atoms with Gasteiger partial charge >= 0.3 is 0 Å². The molecule has 3 rings (SSSR count). The first kappa shape index (κ1) is 13.5. The van der Waals surface area contributed by atoms with Gasteiger partial charge < -0.3 is 0 Å². The topological polar surface area (TPSA) is 43.6 Å². The second-order valence-electron chi connectivity index (χ2n) is 5.36. The van der Waals surface area contributed by atoms with Crippen LogP contribution in [0.2, 0.25) is 0 Å². The largest absolute Gasteiger partial charge is 0.259 e. The molecular formula is C17H18N4. The molecule has 0 aliphatic heterocycles. The van der Waals surface area contributed by atoms with Gasteiger partial charge in [0.25, 0.3) is 0 Å². The molecule has 0 radical (unpaired) electrons. The fourth-order valence-corrected chi connectivity index (χ4v) is 2.39. The molecule has 1 aromatic carbocycles. The Morgan fingerprint density at radius 3 is 2.62 bits per heavy atom. The van der Waals surface area contributed by atoms with Crippen LogP contribution in [0.25, 0.3) is 11.3 Å². The molecule has 0 saturated heterocycles. The van der Waals surface area contributed by atoms with Crippen molar-refractivity contribution in [1.82, 2.24) is 20.0 Å². The Labute approximate surface area is 124 Å². The molecule has 2 heterocycles. The minimum absolute atomic E-state index is 0.460. The van der Waals surface area contributed by atoms with E-state index in [-0.39, 0.29) is 0 Å². The Morgan fingerprint density at radius 2 is 1.86 bits per heavy atom. The van der Waals surface area contributed by atoms with Gasteiger partial charge in [0.15, 0.2) is 0 Å². The van der Waals surface area contributed by atoms with Crippen molar-refractivity contribution in [3.8, 4) is 11.3 Å². The Hall–Kier alpha value is -2.49. The third-order valence-corrected chi connectivity index (χ3v) is 3.45. The number of aromatic nitrogens is 4. The fourth-order valence-electron chi connectivity index (χ4n) is 2.39. The summed E-state index contributed by atoms with van der Waals surface area (Å²) >= 11 is 0. The van der Waals surface area contributed by atoms with Crippen LogP contribution >= 0.6 is 0 Å². The predicted molar refractivity (Wildman–Crippen MR) is 82.9 cm³/mol. The molecule has 0 saturated carbocycles. The first-order chi connectivity index (χ1) is 10.2. The van der Waals surface area contributed by atoms with E-state index < -0.39 is 0 Å². The molecule has 2 aromatic heterocycles. The zero-order valence-corrected chi connectivity index (χ0v) is 12.3. The summed E-state index contributed by atoms with van der Waals surface area (Å²) in [6.07, 6.45) is 3.77. The van der Waals surface area contributed by atoms with Gasteiger partial charge in [-0.2, -0.15) is 0 Å². The fraction of sp³-hybridized carbons (Fsp3) is 0.235. The van der Waals surface area contributed by atoms with Crippen molar-refractivity contribution in [2.45, 2.75) is 26.3 Å². The predicted octanol–water partition coefficient (Wildman–Crippen LogP) is 3.51. The Morgan fingerprint density at radius 1 is 1.05 bits per heavy atom. The zero-order valence-electron chi connectivity index (χ0n) is 12.3. The highest BCUT2D eigenvalue weighted by molar-refractivity contribution is 5.63. The SMILES string of the molecule is CC(C)c1ccccc1-c1cn(Cc2ccccn2)nn1. The second-order valence-corrected chi connectivity index (χ2v) is 5.36. The van der Waals surface area contributed by atoms with E-state index >= 15 is 0 Å². The standard InChI is InChI=1S/C17H18N4/c1-13(2)15-8-3-4-9-16(15)17-12-21(20-19-17)11-14-7-5-6-10-18-14/h3-10,12-13H,11H2,1-2H3. The first-order valence-corrected chi connectivity index (χ1v) is 7.13. The Bertz CT molecular complexity index is 716. The van der Waals surface area contributed by atoms with Crippen molar-refractivity contribution in [2.75, 3.05) is 0 Å². The van der Waals surface area contributed by atoms with Crippen molar-refractivity contribution < 1.29 is 0 Å². The number of hydrogen-bond donors (Lipinski definition) is 0. The average Bonchev–Trinajstić information content (AvgIpc) is 2.96. The lowest BCUT2D eigenvalue weighted by atomic mass is 9.96. The molecule has 4 nitrogen and oxygen atoms in total. The van der Waals surface area contributed by atoms with Gasteiger partial charge in [-0.25, -0.2) is 4.68 Å². The third-order valence-electron chi connectivity index (χ3n) is 3.45. The highest BCUT2D eigenvalue weighted by Gasteiger charge is 2.11. The number of pyridine rings is 1. The van der Waals surface area contributed by atoms with E-state index in [2.05, 4.69) is 47.3 Å². The summed E-state index contributed by atoms with van der Waals surface area (Å²) < 4.78 is 1.83. The Kier molecular flexibility index (Phi) is 3.77. The van der Waals surface area contributed by atoms with Gasteiger partial charge in [-0.15, -0.1) is 5.10 Å². The Balaban J connectivity index is 1.89. The van der Waals surface area contributed by atoms with E-state index in [1.165, 1.54) is 5.56 Å². The van der Waals surface area contributed by atoms with Gasteiger partial charge in [0.1, 0.15) is 5.69 Å². The van der Waals surface area contributed by atoms with Gasteiger partial charge in [0.2, 0.25) is 0 Å². The molecule has 0 N–H and O–H groups in total. The molecule has 3 aromatic rings. The number of hydrogen-bond acceptors (Lipinski definition) is 3. The maximum Gasteiger partial charge on any atom is 0.113 e. The average molecular weight is 278 g/mol. The van der Waals surface area contributed by atoms with Crippen LogP contribution in [0, 0.1) is 0 Å². The molecular weight excluding hydrogens is 260 g/mol.